The van der Waals surface area contributed by atoms with E-state index in [0.29, 0.717) is 0 Å². The van der Waals surface area contributed by atoms with Crippen LogP contribution >= 0.6 is 21.4 Å². The molecule has 0 radical (unpaired) electrons. The van der Waals surface area contributed by atoms with Crippen LogP contribution in [0.5, 0.6) is 0 Å². The van der Waals surface area contributed by atoms with Gasteiger partial charge in [-0.15, -0.1) is 11.3 Å². The van der Waals surface area contributed by atoms with Gasteiger partial charge >= 0.3 is 0 Å². The van der Waals surface area contributed by atoms with Gasteiger partial charge in [0.2, 0.25) is 0 Å². The first-order chi connectivity index (χ1) is 8.21. The number of hydrogen-bond acceptors (Lipinski definition) is 1. The molecule has 0 amide bonds. The molecule has 0 N–H and O–H groups in total. The van der Waals surface area contributed by atoms with Gasteiger partial charge in [-0.1, -0.05) is 26.0 Å². The Kier molecular flexibility index (Phi) is 4.37. The van der Waals surface area contributed by atoms with Gasteiger partial charge in [0.1, 0.15) is 0 Å². The third-order valence-electron chi connectivity index (χ3n) is 3.54. The lowest BCUT2D eigenvalue weighted by molar-refractivity contribution is 1.00. The number of aryl methyl sites for hydroxylation is 1. The van der Waals surface area contributed by atoms with E-state index in [1.54, 1.807) is 15.3 Å². The van der Waals surface area contributed by atoms with Crippen LogP contribution in [0.3, 0.4) is 0 Å². The SMILES string of the molecule is CCCS(C)(CCC)c1csc2c1C=CCC2. The average Bonchev–Trinajstić information content (AvgIpc) is 2.74. The Morgan fingerprint density at radius 3 is 2.59 bits per heavy atom. The van der Waals surface area contributed by atoms with E-state index in [0.717, 1.165) is 0 Å². The van der Waals surface area contributed by atoms with Crippen molar-refractivity contribution < 1.29 is 0 Å². The number of thiophene rings is 1. The summed E-state index contributed by atoms with van der Waals surface area (Å²) in [6, 6.07) is 0. The normalized spacial score (nSPS) is 15.9. The summed E-state index contributed by atoms with van der Waals surface area (Å²) in [6.07, 6.45) is 12.4. The molecule has 0 spiro atoms. The summed E-state index contributed by atoms with van der Waals surface area (Å²) in [6.45, 7) is 4.66. The van der Waals surface area contributed by atoms with E-state index in [1.807, 2.05) is 11.3 Å². The lowest BCUT2D eigenvalue weighted by Crippen LogP contribution is -2.09. The molecule has 0 nitrogen and oxygen atoms in total. The van der Waals surface area contributed by atoms with Crippen LogP contribution in [0.15, 0.2) is 16.4 Å². The number of allylic oxidation sites excluding steroid dienone is 1. The van der Waals surface area contributed by atoms with Gasteiger partial charge < -0.3 is 0 Å². The van der Waals surface area contributed by atoms with E-state index in [-0.39, 0.29) is 0 Å². The monoisotopic (exact) mass is 268 g/mol. The van der Waals surface area contributed by atoms with Gasteiger partial charge in [0.05, 0.1) is 0 Å². The predicted molar refractivity (Wildman–Crippen MR) is 83.8 cm³/mol. The second-order valence-electron chi connectivity index (χ2n) is 5.06. The van der Waals surface area contributed by atoms with Crippen LogP contribution in [0, 0.1) is 0 Å². The molecule has 1 aromatic heterocycles. The van der Waals surface area contributed by atoms with Crippen LogP contribution in [-0.4, -0.2) is 17.8 Å². The Morgan fingerprint density at radius 2 is 1.94 bits per heavy atom. The van der Waals surface area contributed by atoms with Crippen LogP contribution in [0.2, 0.25) is 0 Å². The zero-order valence-corrected chi connectivity index (χ0v) is 12.9. The molecule has 0 bridgehead atoms. The molecule has 0 aromatic carbocycles. The first kappa shape index (κ1) is 13.2. The molecule has 0 fully saturated rings. The standard InChI is InChI=1S/C15H24S2/c1-4-10-17(3,11-5-2)15-12-16-14-9-7-6-8-13(14)15/h6,8,12H,4-5,7,9-11H2,1-3H3. The Morgan fingerprint density at radius 1 is 1.24 bits per heavy atom. The molecule has 96 valence electrons. The molecule has 0 saturated heterocycles. The molecule has 1 heterocycles. The summed E-state index contributed by atoms with van der Waals surface area (Å²) in [5.41, 5.74) is 1.60. The van der Waals surface area contributed by atoms with Crippen molar-refractivity contribution in [2.45, 2.75) is 44.4 Å². The van der Waals surface area contributed by atoms with Crippen LogP contribution < -0.4 is 0 Å². The zero-order chi connectivity index (χ0) is 12.3. The van der Waals surface area contributed by atoms with Crippen molar-refractivity contribution in [1.29, 1.82) is 0 Å². The molecule has 1 aromatic rings. The van der Waals surface area contributed by atoms with E-state index in [1.165, 1.54) is 37.2 Å². The summed E-state index contributed by atoms with van der Waals surface area (Å²) in [5, 5.41) is 2.47. The van der Waals surface area contributed by atoms with E-state index in [9.17, 15) is 0 Å². The molecule has 0 saturated carbocycles. The van der Waals surface area contributed by atoms with Crippen LogP contribution in [0.25, 0.3) is 6.08 Å². The quantitative estimate of drug-likeness (QED) is 0.678. The molecule has 17 heavy (non-hydrogen) atoms. The third-order valence-corrected chi connectivity index (χ3v) is 8.77. The van der Waals surface area contributed by atoms with Crippen molar-refractivity contribution in [3.8, 4) is 0 Å². The minimum absolute atomic E-state index is 0.557. The molecule has 0 unspecified atom stereocenters. The fraction of sp³-hybridized carbons (Fsp3) is 0.600. The molecule has 2 rings (SSSR count). The Bertz CT molecular complexity index is 395. The molecule has 1 aliphatic carbocycles. The minimum Gasteiger partial charge on any atom is -0.216 e. The van der Waals surface area contributed by atoms with Crippen LogP contribution in [-0.2, 0) is 6.42 Å². The lowest BCUT2D eigenvalue weighted by atomic mass is 10.1. The number of fused-ring (bicyclic) bond motifs is 1. The largest absolute Gasteiger partial charge is 0.216 e. The minimum atomic E-state index is -0.557. The highest BCUT2D eigenvalue weighted by Crippen LogP contribution is 2.57. The molecular formula is C15H24S2. The molecule has 0 aliphatic heterocycles. The topological polar surface area (TPSA) is 0 Å². The molecule has 0 atom stereocenters. The van der Waals surface area contributed by atoms with Gasteiger partial charge in [0.15, 0.2) is 0 Å². The van der Waals surface area contributed by atoms with E-state index < -0.39 is 10.0 Å². The summed E-state index contributed by atoms with van der Waals surface area (Å²) in [5.74, 6) is 2.80. The van der Waals surface area contributed by atoms with Crippen molar-refractivity contribution in [1.82, 2.24) is 0 Å². The van der Waals surface area contributed by atoms with Gasteiger partial charge in [-0.25, -0.2) is 10.0 Å². The maximum atomic E-state index is 2.55. The predicted octanol–water partition coefficient (Wildman–Crippen LogP) is 5.32. The molecular weight excluding hydrogens is 244 g/mol. The smallest absolute Gasteiger partial charge is 0.0132 e. The van der Waals surface area contributed by atoms with Crippen molar-refractivity contribution in [2.75, 3.05) is 17.8 Å². The van der Waals surface area contributed by atoms with Gasteiger partial charge in [-0.2, -0.15) is 0 Å². The second kappa shape index (κ2) is 5.62. The highest BCUT2D eigenvalue weighted by Gasteiger charge is 2.24. The lowest BCUT2D eigenvalue weighted by Gasteiger charge is -2.36. The van der Waals surface area contributed by atoms with Gasteiger partial charge in [0, 0.05) is 20.7 Å². The molecule has 2 heteroatoms. The fourth-order valence-corrected chi connectivity index (χ4v) is 8.00. The van der Waals surface area contributed by atoms with E-state index >= 15 is 0 Å². The van der Waals surface area contributed by atoms with Crippen LogP contribution in [0.4, 0.5) is 0 Å². The van der Waals surface area contributed by atoms with Crippen molar-refractivity contribution in [2.24, 2.45) is 0 Å². The first-order valence-electron chi connectivity index (χ1n) is 6.72. The Labute approximate surface area is 111 Å². The van der Waals surface area contributed by atoms with E-state index in [2.05, 4.69) is 37.6 Å². The summed E-state index contributed by atoms with van der Waals surface area (Å²) in [7, 11) is -0.557. The maximum Gasteiger partial charge on any atom is 0.0132 e. The third kappa shape index (κ3) is 2.63. The summed E-state index contributed by atoms with van der Waals surface area (Å²) >= 11 is 2.00. The van der Waals surface area contributed by atoms with Crippen LogP contribution in [0.1, 0.15) is 43.6 Å². The zero-order valence-electron chi connectivity index (χ0n) is 11.3. The van der Waals surface area contributed by atoms with Gasteiger partial charge in [-0.05, 0) is 43.4 Å². The van der Waals surface area contributed by atoms with E-state index in [4.69, 9.17) is 0 Å². The van der Waals surface area contributed by atoms with Crippen molar-refractivity contribution in [3.05, 3.63) is 21.9 Å². The highest BCUT2D eigenvalue weighted by atomic mass is 32.3. The maximum absolute atomic E-state index is 2.55. The Balaban J connectivity index is 2.37. The number of rotatable bonds is 5. The summed E-state index contributed by atoms with van der Waals surface area (Å²) < 4.78 is 0. The average molecular weight is 268 g/mol. The highest BCUT2D eigenvalue weighted by molar-refractivity contribution is 8.33. The number of hydrogen-bond donors (Lipinski definition) is 0. The summed E-state index contributed by atoms with van der Waals surface area (Å²) in [4.78, 5) is 3.34. The van der Waals surface area contributed by atoms with Crippen molar-refractivity contribution >= 4 is 27.4 Å². The first-order valence-corrected chi connectivity index (χ1v) is 9.98. The van der Waals surface area contributed by atoms with Gasteiger partial charge in [0.25, 0.3) is 0 Å². The Hall–Kier alpha value is -0.210. The fourth-order valence-electron chi connectivity index (χ4n) is 2.78. The second-order valence-corrected chi connectivity index (χ2v) is 9.83. The van der Waals surface area contributed by atoms with Gasteiger partial charge in [-0.3, -0.25) is 0 Å². The molecule has 1 aliphatic rings. The van der Waals surface area contributed by atoms with Crippen molar-refractivity contribution in [3.63, 3.8) is 0 Å².